The van der Waals surface area contributed by atoms with Gasteiger partial charge in [0.15, 0.2) is 5.56 Å². The van der Waals surface area contributed by atoms with Crippen molar-refractivity contribution in [2.45, 2.75) is 19.4 Å². The zero-order chi connectivity index (χ0) is 15.7. The molecule has 0 amide bonds. The molecule has 0 unspecified atom stereocenters. The molecule has 0 saturated carbocycles. The second-order valence-corrected chi connectivity index (χ2v) is 5.27. The van der Waals surface area contributed by atoms with E-state index in [1.54, 1.807) is 0 Å². The fourth-order valence-corrected chi connectivity index (χ4v) is 2.53. The van der Waals surface area contributed by atoms with Gasteiger partial charge in [-0.1, -0.05) is 18.2 Å². The van der Waals surface area contributed by atoms with Crippen LogP contribution < -0.4 is 25.9 Å². The molecule has 1 aromatic heterocycles. The molecule has 0 saturated heterocycles. The Hall–Kier alpha value is -2.94. The van der Waals surface area contributed by atoms with Gasteiger partial charge in [-0.25, -0.2) is 4.98 Å². The van der Waals surface area contributed by atoms with Gasteiger partial charge in [0, 0.05) is 6.42 Å². The van der Waals surface area contributed by atoms with Crippen molar-refractivity contribution in [1.82, 2.24) is 0 Å². The lowest BCUT2D eigenvalue weighted by Crippen LogP contribution is -2.24. The summed E-state index contributed by atoms with van der Waals surface area (Å²) in [5, 5.41) is 9.08. The van der Waals surface area contributed by atoms with Crippen molar-refractivity contribution in [2.24, 2.45) is 0 Å². The maximum Gasteiger partial charge on any atom is 0.293 e. The average Bonchev–Trinajstić information content (AvgIpc) is 2.90. The van der Waals surface area contributed by atoms with E-state index in [1.165, 1.54) is 0 Å². The third-order valence-electron chi connectivity index (χ3n) is 3.73. The highest BCUT2D eigenvalue weighted by molar-refractivity contribution is 5.68. The number of nitrogens with two attached hydrogens (primary N) is 2. The van der Waals surface area contributed by atoms with Crippen molar-refractivity contribution in [3.05, 3.63) is 41.0 Å². The number of hydrogen-bond donors (Lipinski definition) is 2. The van der Waals surface area contributed by atoms with Crippen LogP contribution in [0, 0.1) is 18.3 Å². The second kappa shape index (κ2) is 5.45. The largest absolute Gasteiger partial charge is 0.489 e. The highest BCUT2D eigenvalue weighted by atomic mass is 16.5. The number of pyridine rings is 1. The number of rotatable bonds is 3. The van der Waals surface area contributed by atoms with Crippen molar-refractivity contribution in [3.8, 4) is 17.7 Å². The SMILES string of the molecule is Cc1ccccc1OC[C@@H]1Cc2c([nH+]c(N)c(C#N)c2N)O1. The molecule has 5 N–H and O–H groups in total. The highest BCUT2D eigenvalue weighted by Gasteiger charge is 2.32. The molecule has 6 nitrogen and oxygen atoms in total. The fourth-order valence-electron chi connectivity index (χ4n) is 2.53. The normalized spacial score (nSPS) is 15.7. The lowest BCUT2D eigenvalue weighted by atomic mass is 10.1. The quantitative estimate of drug-likeness (QED) is 0.885. The molecule has 2 aromatic rings. The Balaban J connectivity index is 1.74. The van der Waals surface area contributed by atoms with Crippen LogP contribution in [-0.2, 0) is 6.42 Å². The first-order valence-electron chi connectivity index (χ1n) is 6.98. The Morgan fingerprint density at radius 1 is 1.41 bits per heavy atom. The number of benzene rings is 1. The molecule has 0 fully saturated rings. The second-order valence-electron chi connectivity index (χ2n) is 5.27. The van der Waals surface area contributed by atoms with Gasteiger partial charge in [-0.05, 0) is 18.6 Å². The van der Waals surface area contributed by atoms with Crippen LogP contribution in [0.2, 0.25) is 0 Å². The summed E-state index contributed by atoms with van der Waals surface area (Å²) in [7, 11) is 0. The zero-order valence-electron chi connectivity index (χ0n) is 12.2. The van der Waals surface area contributed by atoms with E-state index in [0.717, 1.165) is 16.9 Å². The van der Waals surface area contributed by atoms with Gasteiger partial charge >= 0.3 is 0 Å². The average molecular weight is 297 g/mol. The van der Waals surface area contributed by atoms with E-state index in [2.05, 4.69) is 4.98 Å². The van der Waals surface area contributed by atoms with Gasteiger partial charge < -0.3 is 15.2 Å². The molecule has 22 heavy (non-hydrogen) atoms. The molecule has 0 radical (unpaired) electrons. The maximum absolute atomic E-state index is 9.08. The van der Waals surface area contributed by atoms with Crippen LogP contribution in [0.15, 0.2) is 24.3 Å². The molecule has 2 heterocycles. The van der Waals surface area contributed by atoms with Crippen LogP contribution in [0.3, 0.4) is 0 Å². The fraction of sp³-hybridized carbons (Fsp3) is 0.250. The first-order valence-corrected chi connectivity index (χ1v) is 6.98. The number of anilines is 2. The van der Waals surface area contributed by atoms with Crippen LogP contribution in [-0.4, -0.2) is 12.7 Å². The Morgan fingerprint density at radius 3 is 2.91 bits per heavy atom. The van der Waals surface area contributed by atoms with E-state index in [4.69, 9.17) is 26.2 Å². The van der Waals surface area contributed by atoms with Gasteiger partial charge in [-0.2, -0.15) is 5.26 Å². The summed E-state index contributed by atoms with van der Waals surface area (Å²) in [5.41, 5.74) is 14.3. The molecule has 6 heteroatoms. The molecule has 1 atom stereocenters. The van der Waals surface area contributed by atoms with Gasteiger partial charge in [-0.15, -0.1) is 0 Å². The molecular weight excluding hydrogens is 280 g/mol. The number of nitrogens with one attached hydrogen (secondary N) is 1. The summed E-state index contributed by atoms with van der Waals surface area (Å²) >= 11 is 0. The molecule has 3 rings (SSSR count). The lowest BCUT2D eigenvalue weighted by molar-refractivity contribution is -0.377. The van der Waals surface area contributed by atoms with E-state index >= 15 is 0 Å². The number of ether oxygens (including phenoxy) is 2. The van der Waals surface area contributed by atoms with Crippen molar-refractivity contribution in [3.63, 3.8) is 0 Å². The van der Waals surface area contributed by atoms with Gasteiger partial charge in [0.1, 0.15) is 24.5 Å². The summed E-state index contributed by atoms with van der Waals surface area (Å²) in [5.74, 6) is 1.57. The van der Waals surface area contributed by atoms with Crippen LogP contribution in [0.5, 0.6) is 11.6 Å². The number of fused-ring (bicyclic) bond motifs is 1. The first-order chi connectivity index (χ1) is 10.6. The standard InChI is InChI=1S/C16H16N4O2/c1-9-4-2-3-5-13(9)21-8-10-6-11-14(18)12(7-17)15(19)20-16(11)22-10/h2-5,10H,6,8H2,1H3,(H4,18,19,20)/p+1/t10-/m0/s1. The topological polar surface area (TPSA) is 108 Å². The van der Waals surface area contributed by atoms with Crippen molar-refractivity contribution < 1.29 is 14.5 Å². The van der Waals surface area contributed by atoms with Crippen molar-refractivity contribution in [1.29, 1.82) is 5.26 Å². The van der Waals surface area contributed by atoms with Crippen LogP contribution in [0.1, 0.15) is 16.7 Å². The summed E-state index contributed by atoms with van der Waals surface area (Å²) in [4.78, 5) is 2.89. The van der Waals surface area contributed by atoms with Crippen molar-refractivity contribution >= 4 is 11.5 Å². The third-order valence-corrected chi connectivity index (χ3v) is 3.73. The summed E-state index contributed by atoms with van der Waals surface area (Å²) in [6.45, 7) is 2.39. The van der Waals surface area contributed by atoms with Gasteiger partial charge in [0.25, 0.3) is 11.7 Å². The van der Waals surface area contributed by atoms with Gasteiger partial charge in [-0.3, -0.25) is 5.73 Å². The highest BCUT2D eigenvalue weighted by Crippen LogP contribution is 2.33. The Kier molecular flexibility index (Phi) is 3.47. The third kappa shape index (κ3) is 2.37. The molecule has 1 aliphatic rings. The Morgan fingerprint density at radius 2 is 2.18 bits per heavy atom. The zero-order valence-corrected chi connectivity index (χ0v) is 12.2. The minimum Gasteiger partial charge on any atom is -0.489 e. The van der Waals surface area contributed by atoms with E-state index in [1.807, 2.05) is 37.3 Å². The lowest BCUT2D eigenvalue weighted by Gasteiger charge is -2.12. The van der Waals surface area contributed by atoms with Gasteiger partial charge in [0.2, 0.25) is 0 Å². The summed E-state index contributed by atoms with van der Waals surface area (Å²) in [6.07, 6.45) is 0.417. The van der Waals surface area contributed by atoms with Crippen LogP contribution in [0.4, 0.5) is 11.5 Å². The van der Waals surface area contributed by atoms with Crippen molar-refractivity contribution in [2.75, 3.05) is 18.1 Å². The molecule has 112 valence electrons. The Bertz CT molecular complexity index is 767. The molecular formula is C16H17N4O2+. The van der Waals surface area contributed by atoms with E-state index in [9.17, 15) is 0 Å². The van der Waals surface area contributed by atoms with E-state index < -0.39 is 0 Å². The predicted molar refractivity (Wildman–Crippen MR) is 81.3 cm³/mol. The molecule has 1 aromatic carbocycles. The van der Waals surface area contributed by atoms with Crippen LogP contribution >= 0.6 is 0 Å². The number of hydrogen-bond acceptors (Lipinski definition) is 5. The number of nitrogen functional groups attached to an aromatic ring is 2. The number of nitriles is 1. The number of nitrogens with zero attached hydrogens (tertiary/aromatic N) is 1. The number of aryl methyl sites for hydroxylation is 1. The van der Waals surface area contributed by atoms with E-state index in [0.29, 0.717) is 24.6 Å². The number of H-pyrrole nitrogens is 1. The summed E-state index contributed by atoms with van der Waals surface area (Å²) < 4.78 is 11.6. The monoisotopic (exact) mass is 297 g/mol. The summed E-state index contributed by atoms with van der Waals surface area (Å²) in [6, 6.07) is 9.81. The minimum atomic E-state index is -0.165. The molecule has 0 aliphatic carbocycles. The molecule has 1 aliphatic heterocycles. The molecule has 0 bridgehead atoms. The van der Waals surface area contributed by atoms with Crippen LogP contribution in [0.25, 0.3) is 0 Å². The smallest absolute Gasteiger partial charge is 0.293 e. The van der Waals surface area contributed by atoms with E-state index in [-0.39, 0.29) is 17.5 Å². The minimum absolute atomic E-state index is 0.165. The first kappa shape index (κ1) is 14.0. The van der Waals surface area contributed by atoms with Gasteiger partial charge in [0.05, 0.1) is 11.3 Å². The Labute approximate surface area is 128 Å². The number of aromatic nitrogens is 1. The number of aromatic amines is 1. The molecule has 0 spiro atoms. The number of para-hydroxylation sites is 1. The predicted octanol–water partition coefficient (Wildman–Crippen LogP) is 1.23. The maximum atomic E-state index is 9.08.